The van der Waals surface area contributed by atoms with Crippen LogP contribution < -0.4 is 10.6 Å². The summed E-state index contributed by atoms with van der Waals surface area (Å²) < 4.78 is 1.76. The van der Waals surface area contributed by atoms with Crippen molar-refractivity contribution in [2.24, 2.45) is 4.99 Å². The molecule has 0 saturated carbocycles. The Morgan fingerprint density at radius 1 is 1.14 bits per heavy atom. The average Bonchev–Trinajstić information content (AvgIpc) is 3.12. The minimum atomic E-state index is 0. The molecule has 8 heteroatoms. The Labute approximate surface area is 185 Å². The third kappa shape index (κ3) is 7.38. The molecule has 0 amide bonds. The molecule has 3 heterocycles. The van der Waals surface area contributed by atoms with Crippen molar-refractivity contribution < 1.29 is 0 Å². The highest BCUT2D eigenvalue weighted by molar-refractivity contribution is 14.0. The number of aliphatic imine (C=N–C) groups is 1. The first-order valence-corrected chi connectivity index (χ1v) is 9.97. The van der Waals surface area contributed by atoms with Crippen molar-refractivity contribution in [1.82, 2.24) is 30.3 Å². The molecule has 0 atom stereocenters. The van der Waals surface area contributed by atoms with E-state index in [4.69, 9.17) is 0 Å². The quantitative estimate of drug-likeness (QED) is 0.267. The number of nitrogens with one attached hydrogen (secondary N) is 2. The number of hydrogen-bond donors (Lipinski definition) is 2. The van der Waals surface area contributed by atoms with Crippen LogP contribution >= 0.6 is 24.0 Å². The van der Waals surface area contributed by atoms with E-state index in [0.29, 0.717) is 6.54 Å². The van der Waals surface area contributed by atoms with Gasteiger partial charge in [-0.2, -0.15) is 5.10 Å². The third-order valence-corrected chi connectivity index (χ3v) is 4.87. The summed E-state index contributed by atoms with van der Waals surface area (Å²) in [6, 6.07) is 5.93. The lowest BCUT2D eigenvalue weighted by Crippen LogP contribution is -2.38. The summed E-state index contributed by atoms with van der Waals surface area (Å²) in [7, 11) is 1.81. The van der Waals surface area contributed by atoms with E-state index in [9.17, 15) is 0 Å². The van der Waals surface area contributed by atoms with Crippen LogP contribution in [0.1, 0.15) is 37.7 Å². The third-order valence-electron chi connectivity index (χ3n) is 4.87. The van der Waals surface area contributed by atoms with Crippen LogP contribution in [-0.4, -0.2) is 58.9 Å². The van der Waals surface area contributed by atoms with Crippen LogP contribution in [0.5, 0.6) is 0 Å². The number of nitrogens with zero attached hydrogens (tertiary/aromatic N) is 5. The number of halogens is 1. The first-order chi connectivity index (χ1) is 13.3. The van der Waals surface area contributed by atoms with Gasteiger partial charge in [0.15, 0.2) is 11.8 Å². The van der Waals surface area contributed by atoms with Gasteiger partial charge < -0.3 is 15.5 Å². The van der Waals surface area contributed by atoms with Crippen molar-refractivity contribution in [2.45, 2.75) is 38.6 Å². The fraction of sp³-hybridized carbons (Fsp3) is 0.550. The van der Waals surface area contributed by atoms with E-state index in [1.165, 1.54) is 45.3 Å². The molecule has 1 saturated heterocycles. The van der Waals surface area contributed by atoms with E-state index in [2.05, 4.69) is 30.6 Å². The Bertz CT molecular complexity index is 694. The molecule has 0 aromatic carbocycles. The molecule has 154 valence electrons. The van der Waals surface area contributed by atoms with Crippen LogP contribution in [0.3, 0.4) is 0 Å². The summed E-state index contributed by atoms with van der Waals surface area (Å²) in [5, 5.41) is 11.0. The van der Waals surface area contributed by atoms with Crippen LogP contribution in [0, 0.1) is 0 Å². The first kappa shape index (κ1) is 22.6. The van der Waals surface area contributed by atoms with Crippen LogP contribution in [-0.2, 0) is 6.54 Å². The normalized spacial score (nSPS) is 15.5. The number of pyridine rings is 1. The second kappa shape index (κ2) is 12.7. The number of guanidine groups is 1. The summed E-state index contributed by atoms with van der Waals surface area (Å²) in [4.78, 5) is 11.3. The maximum atomic E-state index is 4.36. The summed E-state index contributed by atoms with van der Waals surface area (Å²) in [5.41, 5.74) is 1.14. The Morgan fingerprint density at radius 3 is 2.68 bits per heavy atom. The molecule has 3 rings (SSSR count). The summed E-state index contributed by atoms with van der Waals surface area (Å²) in [6.07, 6.45) is 12.1. The predicted molar refractivity (Wildman–Crippen MR) is 125 cm³/mol. The Kier molecular flexibility index (Phi) is 10.3. The van der Waals surface area contributed by atoms with Gasteiger partial charge in [0.1, 0.15) is 0 Å². The van der Waals surface area contributed by atoms with Gasteiger partial charge in [0.2, 0.25) is 0 Å². The molecule has 0 radical (unpaired) electrons. The van der Waals surface area contributed by atoms with Crippen molar-refractivity contribution in [2.75, 3.05) is 33.2 Å². The Hall–Kier alpha value is -1.68. The van der Waals surface area contributed by atoms with E-state index in [-0.39, 0.29) is 24.0 Å². The molecule has 0 aliphatic carbocycles. The molecule has 1 aliphatic heterocycles. The maximum Gasteiger partial charge on any atom is 0.191 e. The molecular weight excluding hydrogens is 465 g/mol. The number of hydrogen-bond acceptors (Lipinski definition) is 4. The van der Waals surface area contributed by atoms with Crippen molar-refractivity contribution >= 4 is 29.9 Å². The van der Waals surface area contributed by atoms with Gasteiger partial charge >= 0.3 is 0 Å². The zero-order valence-electron chi connectivity index (χ0n) is 16.7. The van der Waals surface area contributed by atoms with Crippen molar-refractivity contribution in [1.29, 1.82) is 0 Å². The van der Waals surface area contributed by atoms with E-state index >= 15 is 0 Å². The monoisotopic (exact) mass is 497 g/mol. The highest BCUT2D eigenvalue weighted by atomic mass is 127. The molecule has 0 unspecified atom stereocenters. The van der Waals surface area contributed by atoms with Gasteiger partial charge in [0.05, 0.1) is 0 Å². The molecule has 28 heavy (non-hydrogen) atoms. The van der Waals surface area contributed by atoms with Gasteiger partial charge in [-0.15, -0.1) is 24.0 Å². The number of likely N-dealkylation sites (tertiary alicyclic amines) is 1. The lowest BCUT2D eigenvalue weighted by molar-refractivity contribution is 0.282. The van der Waals surface area contributed by atoms with Gasteiger partial charge in [-0.25, -0.2) is 9.67 Å². The molecule has 2 aromatic heterocycles. The van der Waals surface area contributed by atoms with E-state index in [1.54, 1.807) is 10.9 Å². The van der Waals surface area contributed by atoms with E-state index in [0.717, 1.165) is 30.3 Å². The highest BCUT2D eigenvalue weighted by Gasteiger charge is 2.08. The smallest absolute Gasteiger partial charge is 0.191 e. The fourth-order valence-electron chi connectivity index (χ4n) is 3.38. The molecule has 2 aromatic rings. The van der Waals surface area contributed by atoms with Crippen molar-refractivity contribution in [3.63, 3.8) is 0 Å². The van der Waals surface area contributed by atoms with Crippen LogP contribution in [0.25, 0.3) is 5.82 Å². The number of aromatic nitrogens is 3. The van der Waals surface area contributed by atoms with Crippen molar-refractivity contribution in [3.8, 4) is 5.82 Å². The van der Waals surface area contributed by atoms with Crippen molar-refractivity contribution in [3.05, 3.63) is 42.4 Å². The van der Waals surface area contributed by atoms with E-state index in [1.807, 2.05) is 37.6 Å². The fourth-order valence-corrected chi connectivity index (χ4v) is 3.38. The molecule has 1 aliphatic rings. The van der Waals surface area contributed by atoms with Gasteiger partial charge in [0, 0.05) is 38.7 Å². The minimum Gasteiger partial charge on any atom is -0.356 e. The van der Waals surface area contributed by atoms with Crippen LogP contribution in [0.4, 0.5) is 0 Å². The second-order valence-electron chi connectivity index (χ2n) is 6.93. The zero-order chi connectivity index (χ0) is 18.7. The minimum absolute atomic E-state index is 0. The summed E-state index contributed by atoms with van der Waals surface area (Å²) in [5.74, 6) is 1.66. The zero-order valence-corrected chi connectivity index (χ0v) is 19.0. The highest BCUT2D eigenvalue weighted by Crippen LogP contribution is 2.09. The van der Waals surface area contributed by atoms with E-state index < -0.39 is 0 Å². The lowest BCUT2D eigenvalue weighted by Gasteiger charge is -2.20. The van der Waals surface area contributed by atoms with Crippen LogP contribution in [0.2, 0.25) is 0 Å². The topological polar surface area (TPSA) is 70.4 Å². The Morgan fingerprint density at radius 2 is 1.96 bits per heavy atom. The molecule has 2 N–H and O–H groups in total. The maximum absolute atomic E-state index is 4.36. The average molecular weight is 497 g/mol. The van der Waals surface area contributed by atoms with Gasteiger partial charge in [-0.3, -0.25) is 4.99 Å². The largest absolute Gasteiger partial charge is 0.356 e. The standard InChI is InChI=1S/C20H31N7.HI/c1-21-20(23-9-6-14-26-12-4-2-3-5-13-26)24-17-18-8-11-22-19(16-18)27-15-7-10-25-27;/h7-8,10-11,15-16H,2-6,9,12-14,17H2,1H3,(H2,21,23,24);1H. The second-order valence-corrected chi connectivity index (χ2v) is 6.93. The van der Waals surface area contributed by atoms with Gasteiger partial charge in [-0.1, -0.05) is 12.8 Å². The molecule has 7 nitrogen and oxygen atoms in total. The van der Waals surface area contributed by atoms with Gasteiger partial charge in [-0.05, 0) is 62.7 Å². The predicted octanol–water partition coefficient (Wildman–Crippen LogP) is 2.82. The number of rotatable bonds is 7. The van der Waals surface area contributed by atoms with Gasteiger partial charge in [0.25, 0.3) is 0 Å². The molecule has 0 spiro atoms. The van der Waals surface area contributed by atoms with Crippen LogP contribution in [0.15, 0.2) is 41.8 Å². The Balaban J connectivity index is 0.00000280. The lowest BCUT2D eigenvalue weighted by atomic mass is 10.2. The summed E-state index contributed by atoms with van der Waals surface area (Å²) in [6.45, 7) is 5.32. The molecular formula is C20H32IN7. The molecule has 1 fully saturated rings. The summed E-state index contributed by atoms with van der Waals surface area (Å²) >= 11 is 0. The molecule has 0 bridgehead atoms. The first-order valence-electron chi connectivity index (χ1n) is 9.97. The SMILES string of the molecule is CN=C(NCCCN1CCCCCC1)NCc1ccnc(-n2cccn2)c1.I.